The van der Waals surface area contributed by atoms with Gasteiger partial charge in [0.15, 0.2) is 0 Å². The van der Waals surface area contributed by atoms with Crippen LogP contribution in [0.3, 0.4) is 0 Å². The molecule has 0 saturated heterocycles. The first kappa shape index (κ1) is 14.9. The number of aliphatic hydroxyl groups excluding tert-OH is 1. The van der Waals surface area contributed by atoms with E-state index in [2.05, 4.69) is 5.32 Å². The minimum absolute atomic E-state index is 0.254. The first-order valence-electron chi connectivity index (χ1n) is 7.21. The van der Waals surface area contributed by atoms with E-state index < -0.39 is 5.60 Å². The van der Waals surface area contributed by atoms with Gasteiger partial charge in [0.2, 0.25) is 0 Å². The van der Waals surface area contributed by atoms with Gasteiger partial charge in [-0.3, -0.25) is 0 Å². The predicted molar refractivity (Wildman–Crippen MR) is 71.0 cm³/mol. The second-order valence-corrected chi connectivity index (χ2v) is 5.60. The van der Waals surface area contributed by atoms with Crippen molar-refractivity contribution < 1.29 is 10.2 Å². The highest BCUT2D eigenvalue weighted by atomic mass is 16.3. The van der Waals surface area contributed by atoms with Crippen molar-refractivity contribution in [1.29, 1.82) is 0 Å². The lowest BCUT2D eigenvalue weighted by molar-refractivity contribution is 0.0285. The van der Waals surface area contributed by atoms with Crippen LogP contribution in [-0.4, -0.2) is 35.0 Å². The van der Waals surface area contributed by atoms with E-state index >= 15 is 0 Å². The molecule has 0 amide bonds. The number of hydrogen-bond acceptors (Lipinski definition) is 3. The standard InChI is InChI=1S/C14H29NO2/c1-3-14(17,4-2)11-15-10-13(16)9-12-7-5-6-8-12/h12-13,15-17H,3-11H2,1-2H3. The van der Waals surface area contributed by atoms with E-state index in [9.17, 15) is 10.2 Å². The largest absolute Gasteiger partial charge is 0.392 e. The van der Waals surface area contributed by atoms with E-state index in [4.69, 9.17) is 0 Å². The van der Waals surface area contributed by atoms with Crippen LogP contribution in [0.5, 0.6) is 0 Å². The Morgan fingerprint density at radius 3 is 2.35 bits per heavy atom. The lowest BCUT2D eigenvalue weighted by Crippen LogP contribution is -2.42. The monoisotopic (exact) mass is 243 g/mol. The van der Waals surface area contributed by atoms with Crippen molar-refractivity contribution in [2.45, 2.75) is 70.5 Å². The fourth-order valence-corrected chi connectivity index (χ4v) is 2.69. The van der Waals surface area contributed by atoms with Gasteiger partial charge in [-0.05, 0) is 25.2 Å². The normalized spacial score (nSPS) is 19.8. The molecule has 0 spiro atoms. The first-order chi connectivity index (χ1) is 8.09. The molecular weight excluding hydrogens is 214 g/mol. The molecule has 1 unspecified atom stereocenters. The molecule has 0 radical (unpaired) electrons. The summed E-state index contributed by atoms with van der Waals surface area (Å²) in [5, 5.41) is 23.2. The third kappa shape index (κ3) is 5.36. The van der Waals surface area contributed by atoms with Crippen LogP contribution in [0.2, 0.25) is 0 Å². The van der Waals surface area contributed by atoms with Crippen LogP contribution < -0.4 is 5.32 Å². The van der Waals surface area contributed by atoms with Crippen LogP contribution in [0.15, 0.2) is 0 Å². The van der Waals surface area contributed by atoms with Crippen LogP contribution in [-0.2, 0) is 0 Å². The van der Waals surface area contributed by atoms with E-state index in [1.165, 1.54) is 25.7 Å². The summed E-state index contributed by atoms with van der Waals surface area (Å²) >= 11 is 0. The summed E-state index contributed by atoms with van der Waals surface area (Å²) in [6, 6.07) is 0. The Hall–Kier alpha value is -0.120. The maximum absolute atomic E-state index is 10.1. The summed E-state index contributed by atoms with van der Waals surface area (Å²) in [5.74, 6) is 0.725. The minimum atomic E-state index is -0.604. The summed E-state index contributed by atoms with van der Waals surface area (Å²) in [6.45, 7) is 5.20. The van der Waals surface area contributed by atoms with Gasteiger partial charge in [0.05, 0.1) is 11.7 Å². The molecule has 3 heteroatoms. The molecule has 1 saturated carbocycles. The summed E-state index contributed by atoms with van der Waals surface area (Å²) < 4.78 is 0. The second-order valence-electron chi connectivity index (χ2n) is 5.60. The highest BCUT2D eigenvalue weighted by Gasteiger charge is 2.23. The van der Waals surface area contributed by atoms with E-state index in [1.807, 2.05) is 13.8 Å². The lowest BCUT2D eigenvalue weighted by Gasteiger charge is -2.26. The van der Waals surface area contributed by atoms with Gasteiger partial charge in [0.1, 0.15) is 0 Å². The predicted octanol–water partition coefficient (Wildman–Crippen LogP) is 2.07. The molecule has 1 aliphatic rings. The van der Waals surface area contributed by atoms with Crippen LogP contribution in [0.25, 0.3) is 0 Å². The number of nitrogens with one attached hydrogen (secondary N) is 1. The van der Waals surface area contributed by atoms with Crippen molar-refractivity contribution in [2.75, 3.05) is 13.1 Å². The molecule has 0 aromatic carbocycles. The Morgan fingerprint density at radius 1 is 1.24 bits per heavy atom. The zero-order valence-corrected chi connectivity index (χ0v) is 11.4. The lowest BCUT2D eigenvalue weighted by atomic mass is 9.97. The Kier molecular flexibility index (Phi) is 6.45. The fraction of sp³-hybridized carbons (Fsp3) is 1.00. The Labute approximate surface area is 106 Å². The number of rotatable bonds is 8. The van der Waals surface area contributed by atoms with Crippen molar-refractivity contribution in [2.24, 2.45) is 5.92 Å². The van der Waals surface area contributed by atoms with Gasteiger partial charge in [0, 0.05) is 13.1 Å². The zero-order valence-electron chi connectivity index (χ0n) is 11.4. The highest BCUT2D eigenvalue weighted by molar-refractivity contribution is 4.79. The molecule has 1 fully saturated rings. The van der Waals surface area contributed by atoms with Crippen LogP contribution in [0.4, 0.5) is 0 Å². The molecule has 1 aliphatic carbocycles. The summed E-state index contributed by atoms with van der Waals surface area (Å²) in [6.07, 6.45) is 7.41. The molecule has 17 heavy (non-hydrogen) atoms. The quantitative estimate of drug-likeness (QED) is 0.612. The fourth-order valence-electron chi connectivity index (χ4n) is 2.69. The molecule has 0 heterocycles. The average Bonchev–Trinajstić information content (AvgIpc) is 2.81. The van der Waals surface area contributed by atoms with Crippen LogP contribution in [0, 0.1) is 5.92 Å². The molecular formula is C14H29NO2. The average molecular weight is 243 g/mol. The molecule has 1 rings (SSSR count). The van der Waals surface area contributed by atoms with Crippen LogP contribution in [0.1, 0.15) is 58.8 Å². The molecule has 3 nitrogen and oxygen atoms in total. The van der Waals surface area contributed by atoms with E-state index in [0.717, 1.165) is 25.2 Å². The van der Waals surface area contributed by atoms with Gasteiger partial charge in [-0.1, -0.05) is 39.5 Å². The summed E-state index contributed by atoms with van der Waals surface area (Å²) in [7, 11) is 0. The van der Waals surface area contributed by atoms with Crippen molar-refractivity contribution in [1.82, 2.24) is 5.32 Å². The van der Waals surface area contributed by atoms with Crippen molar-refractivity contribution in [3.63, 3.8) is 0 Å². The van der Waals surface area contributed by atoms with Gasteiger partial charge in [0.25, 0.3) is 0 Å². The zero-order chi connectivity index (χ0) is 12.7. The maximum Gasteiger partial charge on any atom is 0.0766 e. The maximum atomic E-state index is 10.1. The summed E-state index contributed by atoms with van der Waals surface area (Å²) in [5.41, 5.74) is -0.604. The Balaban J connectivity index is 2.12. The molecule has 102 valence electrons. The Morgan fingerprint density at radius 2 is 1.82 bits per heavy atom. The van der Waals surface area contributed by atoms with Crippen molar-refractivity contribution in [3.8, 4) is 0 Å². The van der Waals surface area contributed by atoms with Crippen molar-refractivity contribution >= 4 is 0 Å². The van der Waals surface area contributed by atoms with E-state index in [-0.39, 0.29) is 6.10 Å². The van der Waals surface area contributed by atoms with Crippen molar-refractivity contribution in [3.05, 3.63) is 0 Å². The molecule has 0 bridgehead atoms. The molecule has 3 N–H and O–H groups in total. The van der Waals surface area contributed by atoms with Gasteiger partial charge in [-0.15, -0.1) is 0 Å². The SMILES string of the molecule is CCC(O)(CC)CNCC(O)CC1CCCC1. The molecule has 1 atom stereocenters. The van der Waals surface area contributed by atoms with Gasteiger partial charge < -0.3 is 15.5 Å². The molecule has 0 aromatic rings. The number of aliphatic hydroxyl groups is 2. The topological polar surface area (TPSA) is 52.5 Å². The third-order valence-corrected chi connectivity index (χ3v) is 4.23. The van der Waals surface area contributed by atoms with E-state index in [1.54, 1.807) is 0 Å². The second kappa shape index (κ2) is 7.34. The Bertz CT molecular complexity index is 198. The molecule has 0 aliphatic heterocycles. The highest BCUT2D eigenvalue weighted by Crippen LogP contribution is 2.28. The van der Waals surface area contributed by atoms with Gasteiger partial charge >= 0.3 is 0 Å². The first-order valence-corrected chi connectivity index (χ1v) is 7.21. The van der Waals surface area contributed by atoms with Crippen LogP contribution >= 0.6 is 0 Å². The third-order valence-electron chi connectivity index (χ3n) is 4.23. The van der Waals surface area contributed by atoms with Gasteiger partial charge in [-0.2, -0.15) is 0 Å². The molecule has 0 aromatic heterocycles. The van der Waals surface area contributed by atoms with Gasteiger partial charge in [-0.25, -0.2) is 0 Å². The van der Waals surface area contributed by atoms with E-state index in [0.29, 0.717) is 13.1 Å². The minimum Gasteiger partial charge on any atom is -0.392 e. The number of hydrogen-bond donors (Lipinski definition) is 3. The smallest absolute Gasteiger partial charge is 0.0766 e. The summed E-state index contributed by atoms with van der Waals surface area (Å²) in [4.78, 5) is 0.